The Morgan fingerprint density at radius 3 is 2.15 bits per heavy atom. The fraction of sp³-hybridized carbons (Fsp3) is 0.607. The third kappa shape index (κ3) is 5.06. The number of aromatic nitrogens is 2. The van der Waals surface area contributed by atoms with Gasteiger partial charge in [0.15, 0.2) is 0 Å². The highest BCUT2D eigenvalue weighted by molar-refractivity contribution is 5.69. The van der Waals surface area contributed by atoms with Crippen molar-refractivity contribution in [1.82, 2.24) is 14.9 Å². The topological polar surface area (TPSA) is 58.6 Å². The molecule has 0 unspecified atom stereocenters. The van der Waals surface area contributed by atoms with Crippen molar-refractivity contribution in [2.75, 3.05) is 31.1 Å². The number of hydrogen-bond acceptors (Lipinski definition) is 5. The molecule has 0 spiro atoms. The van der Waals surface area contributed by atoms with Crippen molar-refractivity contribution in [3.05, 3.63) is 41.2 Å². The number of ether oxygens (including phenoxy) is 1. The quantitative estimate of drug-likeness (QED) is 0.557. The second-order valence-corrected chi connectivity index (χ2v) is 12.1. The molecule has 2 heterocycles. The molecule has 0 atom stereocenters. The van der Waals surface area contributed by atoms with E-state index in [9.17, 15) is 4.79 Å². The van der Waals surface area contributed by atoms with Gasteiger partial charge < -0.3 is 14.5 Å². The van der Waals surface area contributed by atoms with Gasteiger partial charge in [-0.25, -0.2) is 14.8 Å². The first-order valence-electron chi connectivity index (χ1n) is 12.5. The third-order valence-electron chi connectivity index (χ3n) is 7.23. The molecule has 1 amide bonds. The van der Waals surface area contributed by atoms with Crippen molar-refractivity contribution in [1.29, 1.82) is 0 Å². The number of benzene rings is 1. The van der Waals surface area contributed by atoms with Crippen LogP contribution in [0.1, 0.15) is 78.3 Å². The van der Waals surface area contributed by atoms with Crippen LogP contribution >= 0.6 is 0 Å². The number of nitrogens with zero attached hydrogens (tertiary/aromatic N) is 4. The van der Waals surface area contributed by atoms with E-state index in [1.165, 1.54) is 24.0 Å². The summed E-state index contributed by atoms with van der Waals surface area (Å²) in [5, 5.41) is 0. The van der Waals surface area contributed by atoms with Crippen molar-refractivity contribution >= 4 is 11.9 Å². The molecule has 0 saturated carbocycles. The summed E-state index contributed by atoms with van der Waals surface area (Å²) in [5.74, 6) is 1.68. The number of piperazine rings is 1. The molecule has 0 bridgehead atoms. The smallest absolute Gasteiger partial charge is 0.410 e. The van der Waals surface area contributed by atoms with Gasteiger partial charge in [0.25, 0.3) is 0 Å². The van der Waals surface area contributed by atoms with Crippen molar-refractivity contribution in [2.45, 2.75) is 84.7 Å². The lowest BCUT2D eigenvalue weighted by atomic mass is 9.63. The molecule has 6 nitrogen and oxygen atoms in total. The van der Waals surface area contributed by atoms with Crippen LogP contribution in [0.3, 0.4) is 0 Å². The van der Waals surface area contributed by atoms with Crippen LogP contribution in [-0.2, 0) is 15.6 Å². The molecule has 2 aromatic rings. The van der Waals surface area contributed by atoms with Gasteiger partial charge in [-0.3, -0.25) is 0 Å². The molecule has 0 radical (unpaired) electrons. The van der Waals surface area contributed by atoms with Gasteiger partial charge in [0, 0.05) is 37.8 Å². The number of fused-ring (bicyclic) bond motifs is 1. The van der Waals surface area contributed by atoms with Gasteiger partial charge in [0.05, 0.1) is 5.69 Å². The number of rotatable bonds is 2. The van der Waals surface area contributed by atoms with Crippen LogP contribution in [0.15, 0.2) is 24.3 Å². The molecule has 1 aliphatic heterocycles. The van der Waals surface area contributed by atoms with Crippen LogP contribution < -0.4 is 4.90 Å². The summed E-state index contributed by atoms with van der Waals surface area (Å²) in [6, 6.07) is 8.97. The molecule has 0 N–H and O–H groups in total. The Bertz CT molecular complexity index is 1080. The van der Waals surface area contributed by atoms with Gasteiger partial charge in [-0.1, -0.05) is 39.8 Å². The minimum atomic E-state index is -0.481. The summed E-state index contributed by atoms with van der Waals surface area (Å²) in [6.45, 7) is 19.7. The lowest BCUT2D eigenvalue weighted by Crippen LogP contribution is -2.50. The van der Waals surface area contributed by atoms with Crippen molar-refractivity contribution in [3.8, 4) is 11.3 Å². The summed E-state index contributed by atoms with van der Waals surface area (Å²) >= 11 is 0. The van der Waals surface area contributed by atoms with Crippen molar-refractivity contribution < 1.29 is 9.53 Å². The molecule has 34 heavy (non-hydrogen) atoms. The monoisotopic (exact) mass is 464 g/mol. The predicted molar refractivity (Wildman–Crippen MR) is 138 cm³/mol. The van der Waals surface area contributed by atoms with E-state index in [-0.39, 0.29) is 16.9 Å². The maximum atomic E-state index is 12.4. The van der Waals surface area contributed by atoms with Gasteiger partial charge in [0.2, 0.25) is 0 Å². The normalized spacial score (nSPS) is 19.5. The van der Waals surface area contributed by atoms with Crippen LogP contribution in [0.25, 0.3) is 11.3 Å². The first-order valence-corrected chi connectivity index (χ1v) is 12.5. The maximum absolute atomic E-state index is 12.4. The Morgan fingerprint density at radius 2 is 1.53 bits per heavy atom. The van der Waals surface area contributed by atoms with E-state index in [0.29, 0.717) is 13.1 Å². The molecule has 6 heteroatoms. The van der Waals surface area contributed by atoms with Crippen molar-refractivity contribution in [3.63, 3.8) is 0 Å². The van der Waals surface area contributed by atoms with E-state index < -0.39 is 5.60 Å². The zero-order valence-corrected chi connectivity index (χ0v) is 22.2. The summed E-state index contributed by atoms with van der Waals surface area (Å²) < 4.78 is 5.53. The number of carbonyl (C=O) groups is 1. The minimum absolute atomic E-state index is 0.157. The second kappa shape index (κ2) is 8.54. The highest BCUT2D eigenvalue weighted by atomic mass is 16.6. The molecule has 1 aromatic carbocycles. The molecular formula is C28H40N4O2. The van der Waals surface area contributed by atoms with E-state index in [0.717, 1.165) is 36.0 Å². The molecule has 1 aromatic heterocycles. The third-order valence-corrected chi connectivity index (χ3v) is 7.23. The number of anilines is 1. The zero-order valence-electron chi connectivity index (χ0n) is 22.2. The summed E-state index contributed by atoms with van der Waals surface area (Å²) in [5.41, 5.74) is 4.86. The molecule has 1 aliphatic carbocycles. The zero-order chi connectivity index (χ0) is 24.9. The SMILES string of the molecule is Cc1nc(-c2ccc3c(c2)C(C)(C)CCC3(C)C)cc(N2CCN(C(=O)OC(C)(C)C)CC2)n1. The van der Waals surface area contributed by atoms with Gasteiger partial charge in [-0.15, -0.1) is 0 Å². The average Bonchev–Trinajstić information content (AvgIpc) is 2.75. The fourth-order valence-corrected chi connectivity index (χ4v) is 5.05. The largest absolute Gasteiger partial charge is 0.444 e. The molecule has 184 valence electrons. The van der Waals surface area contributed by atoms with Crippen LogP contribution in [-0.4, -0.2) is 52.7 Å². The summed E-state index contributed by atoms with van der Waals surface area (Å²) in [7, 11) is 0. The Balaban J connectivity index is 1.57. The van der Waals surface area contributed by atoms with Crippen LogP contribution in [0.2, 0.25) is 0 Å². The molecular weight excluding hydrogens is 424 g/mol. The highest BCUT2D eigenvalue weighted by Gasteiger charge is 2.37. The molecule has 1 fully saturated rings. The number of amides is 1. The number of aryl methyl sites for hydroxylation is 1. The van der Waals surface area contributed by atoms with Crippen LogP contribution in [0.5, 0.6) is 0 Å². The van der Waals surface area contributed by atoms with E-state index in [1.807, 2.05) is 27.7 Å². The first kappa shape index (κ1) is 24.5. The predicted octanol–water partition coefficient (Wildman–Crippen LogP) is 5.86. The standard InChI is InChI=1S/C28H40N4O2/c1-19-29-23(20-9-10-21-22(17-20)28(7,8)12-11-27(21,5)6)18-24(30-19)31-13-15-32(16-14-31)25(33)34-26(2,3)4/h9-10,17-18H,11-16H2,1-8H3. The summed E-state index contributed by atoms with van der Waals surface area (Å²) in [6.07, 6.45) is 2.15. The second-order valence-electron chi connectivity index (χ2n) is 12.1. The minimum Gasteiger partial charge on any atom is -0.444 e. The fourth-order valence-electron chi connectivity index (χ4n) is 5.05. The van der Waals surface area contributed by atoms with Crippen LogP contribution in [0, 0.1) is 6.92 Å². The average molecular weight is 465 g/mol. The Labute approximate surface area is 204 Å². The van der Waals surface area contributed by atoms with Gasteiger partial charge >= 0.3 is 6.09 Å². The van der Waals surface area contributed by atoms with E-state index in [2.05, 4.69) is 56.9 Å². The summed E-state index contributed by atoms with van der Waals surface area (Å²) in [4.78, 5) is 26.0. The van der Waals surface area contributed by atoms with E-state index in [1.54, 1.807) is 4.90 Å². The van der Waals surface area contributed by atoms with Crippen molar-refractivity contribution in [2.24, 2.45) is 0 Å². The number of carbonyl (C=O) groups excluding carboxylic acids is 1. The van der Waals surface area contributed by atoms with E-state index in [4.69, 9.17) is 14.7 Å². The van der Waals surface area contributed by atoms with Gasteiger partial charge in [-0.2, -0.15) is 0 Å². The molecule has 1 saturated heterocycles. The number of hydrogen-bond donors (Lipinski definition) is 0. The molecule has 2 aliphatic rings. The first-order chi connectivity index (χ1) is 15.7. The van der Waals surface area contributed by atoms with E-state index >= 15 is 0 Å². The highest BCUT2D eigenvalue weighted by Crippen LogP contribution is 2.46. The van der Waals surface area contributed by atoms with Gasteiger partial charge in [-0.05, 0) is 68.6 Å². The molecule has 4 rings (SSSR count). The Hall–Kier alpha value is -2.63. The van der Waals surface area contributed by atoms with Crippen LogP contribution in [0.4, 0.5) is 10.6 Å². The lowest BCUT2D eigenvalue weighted by molar-refractivity contribution is 0.0240. The van der Waals surface area contributed by atoms with Gasteiger partial charge in [0.1, 0.15) is 17.2 Å². The Kier molecular flexibility index (Phi) is 6.16. The maximum Gasteiger partial charge on any atom is 0.410 e. The lowest BCUT2D eigenvalue weighted by Gasteiger charge is -2.42. The Morgan fingerprint density at radius 1 is 0.912 bits per heavy atom.